The molecule has 2 N–H and O–H groups in total. The molecule has 5 nitrogen and oxygen atoms in total. The number of hydrogen-bond donors (Lipinski definition) is 1. The first-order valence-electron chi connectivity index (χ1n) is 10.8. The lowest BCUT2D eigenvalue weighted by atomic mass is 9.81. The first-order chi connectivity index (χ1) is 15.9. The summed E-state index contributed by atoms with van der Waals surface area (Å²) < 4.78 is 20.4. The summed E-state index contributed by atoms with van der Waals surface area (Å²) in [4.78, 5) is 20.6. The van der Waals surface area contributed by atoms with Crippen molar-refractivity contribution >= 4 is 23.6 Å². The molecule has 0 fully saturated rings. The molecule has 1 spiro atoms. The maximum absolute atomic E-state index is 14.1. The van der Waals surface area contributed by atoms with E-state index in [1.807, 2.05) is 49.4 Å². The zero-order valence-electron chi connectivity index (χ0n) is 18.4. The van der Waals surface area contributed by atoms with Crippen molar-refractivity contribution in [3.63, 3.8) is 0 Å². The van der Waals surface area contributed by atoms with Crippen molar-refractivity contribution in [1.82, 2.24) is 4.90 Å². The maximum atomic E-state index is 14.1. The first kappa shape index (κ1) is 21.5. The molecule has 0 bridgehead atoms. The predicted octanol–water partition coefficient (Wildman–Crippen LogP) is 4.73. The normalized spacial score (nSPS) is 21.7. The quantitative estimate of drug-likeness (QED) is 0.571. The highest BCUT2D eigenvalue weighted by molar-refractivity contribution is 7.99. The van der Waals surface area contributed by atoms with E-state index >= 15 is 0 Å². The third kappa shape index (κ3) is 3.86. The minimum atomic E-state index is -1.15. The number of ether oxygens (including phenoxy) is 1. The van der Waals surface area contributed by atoms with E-state index in [0.717, 1.165) is 21.6 Å². The van der Waals surface area contributed by atoms with E-state index in [9.17, 15) is 9.18 Å². The fraction of sp³-hybridized carbons (Fsp3) is 0.231. The summed E-state index contributed by atoms with van der Waals surface area (Å²) in [5.41, 5.74) is 7.97. The number of carbonyl (C=O) groups excluding carboxylic acids is 1. The van der Waals surface area contributed by atoms with Crippen LogP contribution in [0.3, 0.4) is 0 Å². The molecule has 0 aromatic heterocycles. The Balaban J connectivity index is 1.55. The molecule has 2 aliphatic heterocycles. The molecule has 0 saturated carbocycles. The van der Waals surface area contributed by atoms with E-state index in [-0.39, 0.29) is 23.8 Å². The number of guanidine groups is 1. The molecule has 0 aliphatic carbocycles. The molecular weight excluding hydrogens is 437 g/mol. The van der Waals surface area contributed by atoms with Crippen LogP contribution in [0.2, 0.25) is 0 Å². The van der Waals surface area contributed by atoms with Crippen molar-refractivity contribution in [3.8, 4) is 16.9 Å². The second kappa shape index (κ2) is 8.23. The van der Waals surface area contributed by atoms with Gasteiger partial charge in [0.05, 0.1) is 0 Å². The van der Waals surface area contributed by atoms with Gasteiger partial charge in [-0.05, 0) is 60.0 Å². The highest BCUT2D eigenvalue weighted by Gasteiger charge is 2.53. The van der Waals surface area contributed by atoms with Gasteiger partial charge in [-0.25, -0.2) is 9.38 Å². The lowest BCUT2D eigenvalue weighted by molar-refractivity contribution is -0.132. The van der Waals surface area contributed by atoms with Crippen LogP contribution in [0.5, 0.6) is 5.75 Å². The molecule has 3 aromatic carbocycles. The Morgan fingerprint density at radius 2 is 1.94 bits per heavy atom. The Labute approximate surface area is 196 Å². The number of benzene rings is 3. The second-order valence-corrected chi connectivity index (χ2v) is 9.58. The minimum absolute atomic E-state index is 0.174. The SMILES string of the molecule is Cc1cc(F)cc(-c2ccc3c(c2)[C@@]2(CC(CSc4ccccc4)O3)N=C(N)N(C)C2=O)c1. The van der Waals surface area contributed by atoms with Crippen molar-refractivity contribution < 1.29 is 13.9 Å². The number of fused-ring (bicyclic) bond motifs is 2. The molecule has 2 atom stereocenters. The van der Waals surface area contributed by atoms with Crippen LogP contribution in [-0.4, -0.2) is 35.7 Å². The molecule has 33 heavy (non-hydrogen) atoms. The Hall–Kier alpha value is -3.32. The number of thioether (sulfide) groups is 1. The fourth-order valence-corrected chi connectivity index (χ4v) is 5.42. The van der Waals surface area contributed by atoms with Crippen LogP contribution in [-0.2, 0) is 10.3 Å². The van der Waals surface area contributed by atoms with Gasteiger partial charge in [0.2, 0.25) is 0 Å². The fourth-order valence-electron chi connectivity index (χ4n) is 4.51. The van der Waals surface area contributed by atoms with Crippen LogP contribution in [0.4, 0.5) is 4.39 Å². The minimum Gasteiger partial charge on any atom is -0.489 e. The average Bonchev–Trinajstić information content (AvgIpc) is 3.01. The molecule has 168 valence electrons. The molecule has 2 aliphatic rings. The number of halogens is 1. The van der Waals surface area contributed by atoms with Gasteiger partial charge in [0.1, 0.15) is 17.7 Å². The number of nitrogens with zero attached hydrogens (tertiary/aromatic N) is 2. The van der Waals surface area contributed by atoms with Crippen molar-refractivity contribution in [1.29, 1.82) is 0 Å². The van der Waals surface area contributed by atoms with Crippen LogP contribution in [0.15, 0.2) is 76.6 Å². The number of aliphatic imine (C=N–C) groups is 1. The standard InChI is InChI=1S/C26H24FN3O2S/c1-16-10-18(12-19(27)11-16)17-8-9-23-22(13-17)26(24(31)30(2)25(28)29-26)14-20(32-23)15-33-21-6-4-3-5-7-21/h3-13,20H,14-15H2,1-2H3,(H2,28,29)/t20?,26-/m1/s1. The molecule has 3 aromatic rings. The summed E-state index contributed by atoms with van der Waals surface area (Å²) in [6.07, 6.45) is 0.159. The number of hydrogen-bond acceptors (Lipinski definition) is 5. The van der Waals surface area contributed by atoms with Crippen molar-refractivity contribution in [3.05, 3.63) is 83.7 Å². The number of nitrogens with two attached hydrogens (primary N) is 1. The highest BCUT2D eigenvalue weighted by Crippen LogP contribution is 2.47. The zero-order valence-corrected chi connectivity index (χ0v) is 19.2. The highest BCUT2D eigenvalue weighted by atomic mass is 32.2. The molecular formula is C26H24FN3O2S. The van der Waals surface area contributed by atoms with Crippen LogP contribution in [0.25, 0.3) is 11.1 Å². The third-order valence-electron chi connectivity index (χ3n) is 6.10. The Kier molecular flexibility index (Phi) is 5.37. The van der Waals surface area contributed by atoms with E-state index in [0.29, 0.717) is 23.5 Å². The molecule has 1 amide bonds. The van der Waals surface area contributed by atoms with Gasteiger partial charge in [-0.2, -0.15) is 0 Å². The maximum Gasteiger partial charge on any atom is 0.261 e. The second-order valence-electron chi connectivity index (χ2n) is 8.49. The molecule has 1 unspecified atom stereocenters. The number of carbonyl (C=O) groups is 1. The summed E-state index contributed by atoms with van der Waals surface area (Å²) in [6.45, 7) is 1.85. The van der Waals surface area contributed by atoms with Gasteiger partial charge in [-0.3, -0.25) is 9.69 Å². The Morgan fingerprint density at radius 1 is 1.15 bits per heavy atom. The zero-order chi connectivity index (χ0) is 23.2. The van der Waals surface area contributed by atoms with E-state index in [1.165, 1.54) is 17.0 Å². The van der Waals surface area contributed by atoms with E-state index < -0.39 is 5.54 Å². The predicted molar refractivity (Wildman–Crippen MR) is 129 cm³/mol. The van der Waals surface area contributed by atoms with E-state index in [1.54, 1.807) is 18.8 Å². The molecule has 2 heterocycles. The molecule has 5 rings (SSSR count). The van der Waals surface area contributed by atoms with Gasteiger partial charge in [0.15, 0.2) is 11.5 Å². The first-order valence-corrected chi connectivity index (χ1v) is 11.7. The van der Waals surface area contributed by atoms with E-state index in [4.69, 9.17) is 10.5 Å². The van der Waals surface area contributed by atoms with Gasteiger partial charge in [-0.1, -0.05) is 30.3 Å². The number of amides is 1. The van der Waals surface area contributed by atoms with Gasteiger partial charge in [0.25, 0.3) is 5.91 Å². The summed E-state index contributed by atoms with van der Waals surface area (Å²) in [5.74, 6) is 0.992. The van der Waals surface area contributed by atoms with E-state index in [2.05, 4.69) is 17.1 Å². The van der Waals surface area contributed by atoms with Crippen molar-refractivity contribution in [2.45, 2.75) is 29.9 Å². The summed E-state index contributed by atoms with van der Waals surface area (Å²) >= 11 is 1.68. The van der Waals surface area contributed by atoms with Gasteiger partial charge < -0.3 is 10.5 Å². The molecule has 0 radical (unpaired) electrons. The smallest absolute Gasteiger partial charge is 0.261 e. The number of aryl methyl sites for hydroxylation is 1. The third-order valence-corrected chi connectivity index (χ3v) is 7.25. The topological polar surface area (TPSA) is 67.9 Å². The van der Waals surface area contributed by atoms with Gasteiger partial charge >= 0.3 is 0 Å². The Morgan fingerprint density at radius 3 is 2.64 bits per heavy atom. The summed E-state index contributed by atoms with van der Waals surface area (Å²) in [6, 6.07) is 20.6. The largest absolute Gasteiger partial charge is 0.489 e. The number of likely N-dealkylation sites (N-methyl/N-ethyl adjacent to an activating group) is 1. The monoisotopic (exact) mass is 461 g/mol. The van der Waals surface area contributed by atoms with Crippen LogP contribution in [0, 0.1) is 12.7 Å². The number of rotatable bonds is 4. The summed E-state index contributed by atoms with van der Waals surface area (Å²) in [7, 11) is 1.64. The van der Waals surface area contributed by atoms with Gasteiger partial charge in [-0.15, -0.1) is 11.8 Å². The van der Waals surface area contributed by atoms with Gasteiger partial charge in [0, 0.05) is 29.7 Å². The van der Waals surface area contributed by atoms with Crippen LogP contribution < -0.4 is 10.5 Å². The van der Waals surface area contributed by atoms with Crippen molar-refractivity contribution in [2.75, 3.05) is 12.8 Å². The molecule has 0 saturated heterocycles. The summed E-state index contributed by atoms with van der Waals surface area (Å²) in [5, 5.41) is 0. The lowest BCUT2D eigenvalue weighted by Gasteiger charge is -2.36. The Bertz CT molecular complexity index is 1240. The molecule has 7 heteroatoms. The van der Waals surface area contributed by atoms with Crippen LogP contribution in [0.1, 0.15) is 17.5 Å². The van der Waals surface area contributed by atoms with Crippen LogP contribution >= 0.6 is 11.8 Å². The van der Waals surface area contributed by atoms with Crippen molar-refractivity contribution in [2.24, 2.45) is 10.7 Å². The average molecular weight is 462 g/mol. The lowest BCUT2D eigenvalue weighted by Crippen LogP contribution is -2.46.